The molecule has 0 radical (unpaired) electrons. The number of hydrogen-bond donors (Lipinski definition) is 1. The minimum Gasteiger partial charge on any atom is -0.454 e. The first kappa shape index (κ1) is 16.1. The van der Waals surface area contributed by atoms with Gasteiger partial charge in [-0.3, -0.25) is 9.69 Å². The summed E-state index contributed by atoms with van der Waals surface area (Å²) in [5.41, 5.74) is 1.57. The van der Waals surface area contributed by atoms with E-state index in [2.05, 4.69) is 10.3 Å². The molecule has 3 heterocycles. The highest BCUT2D eigenvalue weighted by molar-refractivity contribution is 6.30. The minimum atomic E-state index is -0.412. The van der Waals surface area contributed by atoms with E-state index in [4.69, 9.17) is 21.1 Å². The Morgan fingerprint density at radius 1 is 1.07 bits per heavy atom. The van der Waals surface area contributed by atoms with Crippen molar-refractivity contribution in [3.8, 4) is 11.5 Å². The van der Waals surface area contributed by atoms with Crippen LogP contribution in [0, 0.1) is 0 Å². The Hall–Kier alpha value is -3.06. The number of amidine groups is 1. The van der Waals surface area contributed by atoms with Gasteiger partial charge in [0.25, 0.3) is 0 Å². The van der Waals surface area contributed by atoms with Crippen molar-refractivity contribution in [2.75, 3.05) is 11.7 Å². The number of nitrogens with zero attached hydrogens (tertiary/aromatic N) is 2. The summed E-state index contributed by atoms with van der Waals surface area (Å²) in [6.07, 6.45) is 0.237. The fraction of sp³-hybridized carbons (Fsp3) is 0.211. The van der Waals surface area contributed by atoms with Crippen LogP contribution in [0.2, 0.25) is 5.02 Å². The van der Waals surface area contributed by atoms with E-state index >= 15 is 0 Å². The average Bonchev–Trinajstić information content (AvgIpc) is 3.24. The quantitative estimate of drug-likeness (QED) is 0.864. The van der Waals surface area contributed by atoms with Gasteiger partial charge in [0.15, 0.2) is 11.5 Å². The second kappa shape index (κ2) is 5.99. The van der Waals surface area contributed by atoms with Gasteiger partial charge in [-0.25, -0.2) is 4.79 Å². The number of fused-ring (bicyclic) bond motifs is 2. The molecule has 0 saturated carbocycles. The lowest BCUT2D eigenvalue weighted by Crippen LogP contribution is -2.53. The standard InChI is InChI=1S/C19H14ClN3O4/c20-11-2-4-12(5-3-11)23-17-13(8-16(24)21-18(17)22-19(23)25)10-1-6-14-15(7-10)27-9-26-14/h1-7,13,17H,8-9H2,(H,21,22,24,25)/t13-,17+/m0/s1. The molecule has 0 aliphatic carbocycles. The zero-order chi connectivity index (χ0) is 18.5. The Bertz CT molecular complexity index is 989. The summed E-state index contributed by atoms with van der Waals surface area (Å²) in [7, 11) is 0. The molecule has 2 aromatic rings. The lowest BCUT2D eigenvalue weighted by molar-refractivity contribution is -0.120. The van der Waals surface area contributed by atoms with Crippen LogP contribution in [0.25, 0.3) is 0 Å². The molecule has 0 spiro atoms. The molecule has 8 heteroatoms. The number of aliphatic imine (C=N–C) groups is 1. The summed E-state index contributed by atoms with van der Waals surface area (Å²) in [6, 6.07) is 11.8. The molecule has 2 atom stereocenters. The van der Waals surface area contributed by atoms with Crippen LogP contribution in [0.3, 0.4) is 0 Å². The third kappa shape index (κ3) is 2.62. The first-order valence-electron chi connectivity index (χ1n) is 8.47. The van der Waals surface area contributed by atoms with E-state index < -0.39 is 12.1 Å². The molecular weight excluding hydrogens is 370 g/mol. The minimum absolute atomic E-state index is 0.168. The molecule has 0 unspecified atom stereocenters. The highest BCUT2D eigenvalue weighted by atomic mass is 35.5. The summed E-state index contributed by atoms with van der Waals surface area (Å²) in [6.45, 7) is 0.176. The van der Waals surface area contributed by atoms with Gasteiger partial charge in [0, 0.05) is 23.0 Å². The van der Waals surface area contributed by atoms with E-state index in [0.717, 1.165) is 5.56 Å². The number of carbonyl (C=O) groups is 2. The van der Waals surface area contributed by atoms with Gasteiger partial charge in [-0.1, -0.05) is 17.7 Å². The molecule has 3 aliphatic heterocycles. The molecule has 1 saturated heterocycles. The second-order valence-electron chi connectivity index (χ2n) is 6.54. The highest BCUT2D eigenvalue weighted by Gasteiger charge is 2.46. The molecule has 0 bridgehead atoms. The van der Waals surface area contributed by atoms with Crippen molar-refractivity contribution < 1.29 is 19.1 Å². The van der Waals surface area contributed by atoms with E-state index in [1.807, 2.05) is 18.2 Å². The lowest BCUT2D eigenvalue weighted by atomic mass is 9.84. The Labute approximate surface area is 159 Å². The molecule has 136 valence electrons. The molecule has 1 fully saturated rings. The van der Waals surface area contributed by atoms with Crippen molar-refractivity contribution in [3.63, 3.8) is 0 Å². The zero-order valence-electron chi connectivity index (χ0n) is 14.0. The van der Waals surface area contributed by atoms with Crippen LogP contribution in [0.1, 0.15) is 17.9 Å². The number of rotatable bonds is 2. The second-order valence-corrected chi connectivity index (χ2v) is 6.98. The maximum Gasteiger partial charge on any atom is 0.350 e. The number of benzene rings is 2. The molecule has 7 nitrogen and oxygen atoms in total. The SMILES string of the molecule is O=C1C[C@@H](c2ccc3c(c2)OCO3)[C@@H]2C(=NC(=O)N2c2ccc(Cl)cc2)N1. The van der Waals surface area contributed by atoms with Crippen molar-refractivity contribution in [3.05, 3.63) is 53.1 Å². The van der Waals surface area contributed by atoms with Crippen LogP contribution in [-0.2, 0) is 4.79 Å². The van der Waals surface area contributed by atoms with Gasteiger partial charge in [0.1, 0.15) is 11.9 Å². The van der Waals surface area contributed by atoms with Gasteiger partial charge in [0.2, 0.25) is 12.7 Å². The highest BCUT2D eigenvalue weighted by Crippen LogP contribution is 2.40. The molecule has 27 heavy (non-hydrogen) atoms. The normalized spacial score (nSPS) is 23.1. The molecule has 2 aromatic carbocycles. The van der Waals surface area contributed by atoms with Crippen molar-refractivity contribution in [1.82, 2.24) is 5.32 Å². The summed E-state index contributed by atoms with van der Waals surface area (Å²) in [5, 5.41) is 3.32. The first-order valence-corrected chi connectivity index (χ1v) is 8.85. The molecular formula is C19H14ClN3O4. The maximum atomic E-state index is 12.6. The van der Waals surface area contributed by atoms with Crippen molar-refractivity contribution in [1.29, 1.82) is 0 Å². The fourth-order valence-corrected chi connectivity index (χ4v) is 3.88. The number of carbonyl (C=O) groups excluding carboxylic acids is 2. The summed E-state index contributed by atoms with van der Waals surface area (Å²) < 4.78 is 10.8. The maximum absolute atomic E-state index is 12.6. The van der Waals surface area contributed by atoms with E-state index in [1.54, 1.807) is 29.2 Å². The van der Waals surface area contributed by atoms with E-state index in [1.165, 1.54) is 0 Å². The zero-order valence-corrected chi connectivity index (χ0v) is 14.8. The monoisotopic (exact) mass is 383 g/mol. The predicted octanol–water partition coefficient (Wildman–Crippen LogP) is 3.08. The largest absolute Gasteiger partial charge is 0.454 e. The number of ether oxygens (including phenoxy) is 2. The summed E-state index contributed by atoms with van der Waals surface area (Å²) in [5.74, 6) is 1.26. The van der Waals surface area contributed by atoms with E-state index in [9.17, 15) is 9.59 Å². The van der Waals surface area contributed by atoms with Crippen molar-refractivity contribution >= 4 is 35.1 Å². The van der Waals surface area contributed by atoms with Crippen LogP contribution >= 0.6 is 11.6 Å². The number of hydrogen-bond acceptors (Lipinski definition) is 4. The van der Waals surface area contributed by atoms with Crippen LogP contribution in [0.5, 0.6) is 11.5 Å². The number of anilines is 1. The van der Waals surface area contributed by atoms with Gasteiger partial charge in [-0.15, -0.1) is 0 Å². The molecule has 3 aliphatic rings. The van der Waals surface area contributed by atoms with Crippen LogP contribution < -0.4 is 19.7 Å². The van der Waals surface area contributed by atoms with Crippen LogP contribution in [-0.4, -0.2) is 30.6 Å². The molecule has 3 amide bonds. The van der Waals surface area contributed by atoms with E-state index in [-0.39, 0.29) is 25.0 Å². The van der Waals surface area contributed by atoms with Gasteiger partial charge in [0.05, 0.1) is 0 Å². The Morgan fingerprint density at radius 3 is 2.67 bits per heavy atom. The number of nitrogens with one attached hydrogen (secondary N) is 1. The Kier molecular flexibility index (Phi) is 3.58. The smallest absolute Gasteiger partial charge is 0.350 e. The molecule has 5 rings (SSSR count). The van der Waals surface area contributed by atoms with E-state index in [0.29, 0.717) is 28.0 Å². The number of amides is 3. The first-order chi connectivity index (χ1) is 13.1. The van der Waals surface area contributed by atoms with Gasteiger partial charge >= 0.3 is 6.03 Å². The average molecular weight is 384 g/mol. The number of urea groups is 1. The predicted molar refractivity (Wildman–Crippen MR) is 98.6 cm³/mol. The van der Waals surface area contributed by atoms with Crippen LogP contribution in [0.4, 0.5) is 10.5 Å². The van der Waals surface area contributed by atoms with Crippen molar-refractivity contribution in [2.24, 2.45) is 4.99 Å². The molecule has 1 N–H and O–H groups in total. The summed E-state index contributed by atoms with van der Waals surface area (Å²) in [4.78, 5) is 30.5. The molecule has 0 aromatic heterocycles. The topological polar surface area (TPSA) is 80.2 Å². The lowest BCUT2D eigenvalue weighted by Gasteiger charge is -2.35. The van der Waals surface area contributed by atoms with Gasteiger partial charge < -0.3 is 14.8 Å². The third-order valence-corrected chi connectivity index (χ3v) is 5.22. The number of halogens is 1. The Balaban J connectivity index is 1.57. The van der Waals surface area contributed by atoms with Crippen molar-refractivity contribution in [2.45, 2.75) is 18.4 Å². The third-order valence-electron chi connectivity index (χ3n) is 4.96. The van der Waals surface area contributed by atoms with Gasteiger partial charge in [-0.05, 0) is 42.0 Å². The number of piperidine rings is 1. The fourth-order valence-electron chi connectivity index (χ4n) is 3.76. The van der Waals surface area contributed by atoms with Gasteiger partial charge in [-0.2, -0.15) is 4.99 Å². The summed E-state index contributed by atoms with van der Waals surface area (Å²) >= 11 is 5.98. The Morgan fingerprint density at radius 2 is 1.85 bits per heavy atom. The van der Waals surface area contributed by atoms with Crippen LogP contribution in [0.15, 0.2) is 47.5 Å².